The van der Waals surface area contributed by atoms with Gasteiger partial charge in [-0.3, -0.25) is 9.69 Å². The number of aliphatic hydroxyl groups is 1. The number of pyridine rings is 2. The zero-order valence-corrected chi connectivity index (χ0v) is 21.6. The summed E-state index contributed by atoms with van der Waals surface area (Å²) in [5.41, 5.74) is 2.61. The number of hydrogen-bond donors (Lipinski definition) is 1. The Morgan fingerprint density at radius 2 is 1.84 bits per heavy atom. The molecule has 2 aromatic heterocycles. The standard InChI is InChI=1S/C28H30N4O6/c1-3-28(35)20-12-21-23-18(14-32(21)26(33)19(20)15-38-27(28)34)17(13-31-8-6-30(2)7-9-31)16-4-5-22-25(24(16)29-23)37-11-10-36-22/h4-5,12,35H,3,6-11,13-15H2,1-2H3/t28-/m0/s1. The third-order valence-electron chi connectivity index (χ3n) is 8.46. The largest absolute Gasteiger partial charge is 0.486 e. The summed E-state index contributed by atoms with van der Waals surface area (Å²) in [5, 5.41) is 12.2. The molecule has 0 amide bonds. The fraction of sp³-hybridized carbons (Fsp3) is 0.464. The van der Waals surface area contributed by atoms with Gasteiger partial charge in [0.1, 0.15) is 25.3 Å². The first kappa shape index (κ1) is 23.6. The second-order valence-corrected chi connectivity index (χ2v) is 10.6. The van der Waals surface area contributed by atoms with Crippen molar-refractivity contribution in [2.24, 2.45) is 0 Å². The van der Waals surface area contributed by atoms with E-state index in [-0.39, 0.29) is 18.6 Å². The first-order valence-corrected chi connectivity index (χ1v) is 13.2. The summed E-state index contributed by atoms with van der Waals surface area (Å²) in [5.74, 6) is 0.547. The number of carbonyl (C=O) groups is 1. The van der Waals surface area contributed by atoms with E-state index >= 15 is 0 Å². The van der Waals surface area contributed by atoms with Crippen LogP contribution >= 0.6 is 0 Å². The van der Waals surface area contributed by atoms with E-state index in [0.717, 1.165) is 49.2 Å². The van der Waals surface area contributed by atoms with Gasteiger partial charge in [-0.05, 0) is 37.2 Å². The Bertz CT molecular complexity index is 1560. The third kappa shape index (κ3) is 3.33. The SMILES string of the molecule is CC[C@@]1(O)C(=O)OCc2c1cc1n(c2=O)Cc2c-1nc1c3c(ccc1c2CN1CCN(C)CC1)OCCO3. The minimum atomic E-state index is -1.86. The molecule has 0 aliphatic carbocycles. The van der Waals surface area contributed by atoms with Crippen molar-refractivity contribution < 1.29 is 24.1 Å². The lowest BCUT2D eigenvalue weighted by Crippen LogP contribution is -2.44. The molecule has 1 atom stereocenters. The van der Waals surface area contributed by atoms with Crippen molar-refractivity contribution in [1.82, 2.24) is 19.4 Å². The lowest BCUT2D eigenvalue weighted by atomic mass is 9.86. The van der Waals surface area contributed by atoms with E-state index in [1.807, 2.05) is 12.1 Å². The van der Waals surface area contributed by atoms with E-state index in [4.69, 9.17) is 19.2 Å². The lowest BCUT2D eigenvalue weighted by Gasteiger charge is -2.33. The summed E-state index contributed by atoms with van der Waals surface area (Å²) in [4.78, 5) is 36.1. The van der Waals surface area contributed by atoms with Gasteiger partial charge >= 0.3 is 5.97 Å². The number of carbonyl (C=O) groups excluding carboxylic acids is 1. The minimum Gasteiger partial charge on any atom is -0.486 e. The highest BCUT2D eigenvalue weighted by atomic mass is 16.6. The predicted molar refractivity (Wildman–Crippen MR) is 138 cm³/mol. The van der Waals surface area contributed by atoms with E-state index in [0.29, 0.717) is 59.3 Å². The van der Waals surface area contributed by atoms with Gasteiger partial charge in [0.05, 0.1) is 23.5 Å². The van der Waals surface area contributed by atoms with Gasteiger partial charge in [0, 0.05) is 49.2 Å². The van der Waals surface area contributed by atoms with Gasteiger partial charge in [0.25, 0.3) is 5.56 Å². The van der Waals surface area contributed by atoms with Gasteiger partial charge in [-0.25, -0.2) is 9.78 Å². The van der Waals surface area contributed by atoms with Crippen molar-refractivity contribution in [1.29, 1.82) is 0 Å². The van der Waals surface area contributed by atoms with Gasteiger partial charge in [0.2, 0.25) is 0 Å². The molecule has 38 heavy (non-hydrogen) atoms. The van der Waals surface area contributed by atoms with Crippen molar-refractivity contribution in [2.45, 2.75) is 38.6 Å². The zero-order valence-electron chi connectivity index (χ0n) is 21.6. The number of esters is 1. The van der Waals surface area contributed by atoms with Crippen molar-refractivity contribution in [3.8, 4) is 22.9 Å². The molecule has 7 rings (SSSR count). The summed E-state index contributed by atoms with van der Waals surface area (Å²) in [6.45, 7) is 7.46. The smallest absolute Gasteiger partial charge is 0.343 e. The van der Waals surface area contributed by atoms with Crippen LogP contribution in [0, 0.1) is 0 Å². The van der Waals surface area contributed by atoms with Crippen LogP contribution in [0.25, 0.3) is 22.3 Å². The second-order valence-electron chi connectivity index (χ2n) is 10.6. The maximum atomic E-state index is 13.7. The Balaban J connectivity index is 1.46. The van der Waals surface area contributed by atoms with Crippen LogP contribution < -0.4 is 15.0 Å². The van der Waals surface area contributed by atoms with Gasteiger partial charge in [-0.2, -0.15) is 0 Å². The normalized spacial score (nSPS) is 22.7. The van der Waals surface area contributed by atoms with Crippen LogP contribution in [-0.4, -0.2) is 76.9 Å². The van der Waals surface area contributed by atoms with Gasteiger partial charge in [-0.1, -0.05) is 6.92 Å². The van der Waals surface area contributed by atoms with Crippen molar-refractivity contribution in [3.05, 3.63) is 50.8 Å². The maximum Gasteiger partial charge on any atom is 0.343 e. The Kier molecular flexibility index (Phi) is 5.30. The summed E-state index contributed by atoms with van der Waals surface area (Å²) < 4.78 is 18.8. The highest BCUT2D eigenvalue weighted by Crippen LogP contribution is 2.44. The highest BCUT2D eigenvalue weighted by Gasteiger charge is 2.45. The van der Waals surface area contributed by atoms with Crippen LogP contribution in [0.3, 0.4) is 0 Å². The maximum absolute atomic E-state index is 13.7. The molecule has 6 heterocycles. The minimum absolute atomic E-state index is 0.104. The molecule has 1 aromatic carbocycles. The highest BCUT2D eigenvalue weighted by molar-refractivity contribution is 5.94. The van der Waals surface area contributed by atoms with Crippen molar-refractivity contribution >= 4 is 16.9 Å². The fourth-order valence-corrected chi connectivity index (χ4v) is 6.14. The fourth-order valence-electron chi connectivity index (χ4n) is 6.14. The molecule has 3 aromatic rings. The Labute approximate surface area is 219 Å². The number of hydrogen-bond acceptors (Lipinski definition) is 9. The first-order chi connectivity index (χ1) is 18.4. The van der Waals surface area contributed by atoms with E-state index in [1.165, 1.54) is 0 Å². The first-order valence-electron chi connectivity index (χ1n) is 13.2. The quantitative estimate of drug-likeness (QED) is 0.405. The molecule has 1 saturated heterocycles. The molecule has 0 saturated carbocycles. The molecule has 4 aliphatic rings. The average molecular weight is 519 g/mol. The summed E-state index contributed by atoms with van der Waals surface area (Å²) >= 11 is 0. The van der Waals surface area contributed by atoms with E-state index in [9.17, 15) is 14.7 Å². The molecule has 10 heteroatoms. The number of cyclic esters (lactones) is 1. The molecule has 10 nitrogen and oxygen atoms in total. The summed E-state index contributed by atoms with van der Waals surface area (Å²) in [6, 6.07) is 5.74. The van der Waals surface area contributed by atoms with Crippen LogP contribution in [0.2, 0.25) is 0 Å². The van der Waals surface area contributed by atoms with E-state index in [2.05, 4.69) is 16.8 Å². The Hall–Kier alpha value is -3.47. The summed E-state index contributed by atoms with van der Waals surface area (Å²) in [6.07, 6.45) is 0.104. The van der Waals surface area contributed by atoms with Crippen LogP contribution in [0.5, 0.6) is 11.5 Å². The molecule has 198 valence electrons. The number of fused-ring (bicyclic) bond motifs is 7. The molecular formula is C28H30N4O6. The molecule has 0 unspecified atom stereocenters. The second kappa shape index (κ2) is 8.52. The van der Waals surface area contributed by atoms with E-state index in [1.54, 1.807) is 17.6 Å². The predicted octanol–water partition coefficient (Wildman–Crippen LogP) is 1.60. The molecule has 0 spiro atoms. The molecule has 0 bridgehead atoms. The number of piperazine rings is 1. The molecule has 0 radical (unpaired) electrons. The monoisotopic (exact) mass is 518 g/mol. The van der Waals surface area contributed by atoms with Gasteiger partial charge in [-0.15, -0.1) is 0 Å². The molecule has 1 N–H and O–H groups in total. The number of ether oxygens (including phenoxy) is 3. The number of rotatable bonds is 3. The van der Waals surface area contributed by atoms with Crippen LogP contribution in [0.1, 0.15) is 35.6 Å². The number of likely N-dealkylation sites (N-methyl/N-ethyl adjacent to an activating group) is 1. The van der Waals surface area contributed by atoms with Crippen LogP contribution in [0.15, 0.2) is 23.0 Å². The van der Waals surface area contributed by atoms with Crippen molar-refractivity contribution in [2.75, 3.05) is 46.4 Å². The van der Waals surface area contributed by atoms with Crippen LogP contribution in [-0.2, 0) is 34.8 Å². The van der Waals surface area contributed by atoms with Crippen molar-refractivity contribution in [3.63, 3.8) is 0 Å². The average Bonchev–Trinajstić information content (AvgIpc) is 3.31. The summed E-state index contributed by atoms with van der Waals surface area (Å²) in [7, 11) is 2.14. The topological polar surface area (TPSA) is 106 Å². The zero-order chi connectivity index (χ0) is 26.2. The van der Waals surface area contributed by atoms with Gasteiger partial charge < -0.3 is 28.8 Å². The number of nitrogens with zero attached hydrogens (tertiary/aromatic N) is 4. The van der Waals surface area contributed by atoms with E-state index < -0.39 is 11.6 Å². The lowest BCUT2D eigenvalue weighted by molar-refractivity contribution is -0.172. The number of benzene rings is 1. The molecule has 1 fully saturated rings. The molecule has 4 aliphatic heterocycles. The van der Waals surface area contributed by atoms with Crippen LogP contribution in [0.4, 0.5) is 0 Å². The Morgan fingerprint density at radius 1 is 1.05 bits per heavy atom. The molecular weight excluding hydrogens is 488 g/mol. The Morgan fingerprint density at radius 3 is 2.63 bits per heavy atom. The number of aromatic nitrogens is 2. The third-order valence-corrected chi connectivity index (χ3v) is 8.46. The van der Waals surface area contributed by atoms with Gasteiger partial charge in [0.15, 0.2) is 17.1 Å².